The highest BCUT2D eigenvalue weighted by Gasteiger charge is 2.33. The van der Waals surface area contributed by atoms with Crippen LogP contribution in [0.1, 0.15) is 35.7 Å². The van der Waals surface area contributed by atoms with Gasteiger partial charge in [-0.2, -0.15) is 18.3 Å². The molecule has 31 heavy (non-hydrogen) atoms. The van der Waals surface area contributed by atoms with Crippen molar-refractivity contribution in [2.45, 2.75) is 38.2 Å². The molecule has 6 nitrogen and oxygen atoms in total. The predicted octanol–water partition coefficient (Wildman–Crippen LogP) is 4.16. The van der Waals surface area contributed by atoms with Crippen molar-refractivity contribution in [2.75, 3.05) is 18.4 Å². The predicted molar refractivity (Wildman–Crippen MR) is 113 cm³/mol. The number of hydrogen-bond acceptors (Lipinski definition) is 6. The van der Waals surface area contributed by atoms with Crippen molar-refractivity contribution in [1.82, 2.24) is 15.5 Å². The Balaban J connectivity index is 1.61. The second-order valence-electron chi connectivity index (χ2n) is 7.65. The zero-order chi connectivity index (χ0) is 22.0. The quantitative estimate of drug-likeness (QED) is 0.526. The molecule has 2 aromatic carbocycles. The van der Waals surface area contributed by atoms with Crippen molar-refractivity contribution in [3.8, 4) is 5.75 Å². The Morgan fingerprint density at radius 1 is 1.19 bits per heavy atom. The summed E-state index contributed by atoms with van der Waals surface area (Å²) in [5.41, 5.74) is 5.95. The summed E-state index contributed by atoms with van der Waals surface area (Å²) in [4.78, 5) is 0. The summed E-state index contributed by atoms with van der Waals surface area (Å²) < 4.78 is 45.9. The largest absolute Gasteiger partial charge is 0.490 e. The zero-order valence-electron chi connectivity index (χ0n) is 17.0. The lowest BCUT2D eigenvalue weighted by molar-refractivity contribution is -0.138. The minimum Gasteiger partial charge on any atom is -0.490 e. The van der Waals surface area contributed by atoms with Gasteiger partial charge in [-0.15, -0.1) is 5.10 Å². The zero-order valence-corrected chi connectivity index (χ0v) is 17.0. The van der Waals surface area contributed by atoms with E-state index in [4.69, 9.17) is 10.5 Å². The van der Waals surface area contributed by atoms with Gasteiger partial charge in [0.1, 0.15) is 18.0 Å². The monoisotopic (exact) mass is 431 g/mol. The second kappa shape index (κ2) is 8.68. The molecular formula is C22H24F3N5O. The molecule has 9 heteroatoms. The molecule has 1 saturated heterocycles. The maximum Gasteiger partial charge on any atom is 0.416 e. The standard InChI is InChI=1S/C22H24F3N5O/c1-13-17(3-2-4-19(13)22(23,24)25)20(26)29-21-18-11-16(6-5-14(18)12-28-30-21)31-15-7-9-27-10-8-15/h2-6,11-12,15,20,27H,7-10,26H2,1H3,(H,29,30)/t20-/m0/s1. The molecular weight excluding hydrogens is 407 g/mol. The number of halogens is 3. The molecule has 4 N–H and O–H groups in total. The number of nitrogens with two attached hydrogens (primary N) is 1. The van der Waals surface area contributed by atoms with Crippen LogP contribution >= 0.6 is 0 Å². The fourth-order valence-corrected chi connectivity index (χ4v) is 3.86. The molecule has 2 heterocycles. The first-order chi connectivity index (χ1) is 14.8. The number of nitrogens with one attached hydrogen (secondary N) is 2. The molecule has 0 unspecified atom stereocenters. The molecule has 0 spiro atoms. The number of hydrogen-bond donors (Lipinski definition) is 3. The Hall–Kier alpha value is -2.91. The first-order valence-electron chi connectivity index (χ1n) is 10.1. The van der Waals surface area contributed by atoms with E-state index < -0.39 is 17.9 Å². The normalized spacial score (nSPS) is 16.3. The average molecular weight is 431 g/mol. The Kier molecular flexibility index (Phi) is 5.97. The first kappa shape index (κ1) is 21.3. The topological polar surface area (TPSA) is 85.1 Å². The Morgan fingerprint density at radius 2 is 1.97 bits per heavy atom. The minimum atomic E-state index is -4.44. The molecule has 0 aliphatic carbocycles. The summed E-state index contributed by atoms with van der Waals surface area (Å²) in [5.74, 6) is 1.09. The van der Waals surface area contributed by atoms with Gasteiger partial charge in [0.25, 0.3) is 0 Å². The SMILES string of the molecule is Cc1c([C@@H](N)Nc2nncc3ccc(OC4CCNCC4)cc23)cccc1C(F)(F)F. The lowest BCUT2D eigenvalue weighted by Crippen LogP contribution is -2.34. The number of anilines is 1. The van der Waals surface area contributed by atoms with Gasteiger partial charge >= 0.3 is 6.18 Å². The van der Waals surface area contributed by atoms with Crippen LogP contribution in [0.15, 0.2) is 42.6 Å². The van der Waals surface area contributed by atoms with E-state index in [1.54, 1.807) is 12.3 Å². The van der Waals surface area contributed by atoms with E-state index >= 15 is 0 Å². The highest BCUT2D eigenvalue weighted by molar-refractivity contribution is 5.92. The van der Waals surface area contributed by atoms with Gasteiger partial charge in [0.05, 0.1) is 11.8 Å². The fourth-order valence-electron chi connectivity index (χ4n) is 3.86. The van der Waals surface area contributed by atoms with Gasteiger partial charge in [0, 0.05) is 10.8 Å². The second-order valence-corrected chi connectivity index (χ2v) is 7.65. The van der Waals surface area contributed by atoms with E-state index in [1.165, 1.54) is 13.0 Å². The van der Waals surface area contributed by atoms with E-state index in [-0.39, 0.29) is 11.7 Å². The van der Waals surface area contributed by atoms with Crippen LogP contribution in [-0.4, -0.2) is 29.4 Å². The van der Waals surface area contributed by atoms with Gasteiger partial charge in [0.15, 0.2) is 5.82 Å². The average Bonchev–Trinajstić information content (AvgIpc) is 2.74. The minimum absolute atomic E-state index is 0.0816. The molecule has 1 aromatic heterocycles. The maximum atomic E-state index is 13.3. The molecule has 0 radical (unpaired) electrons. The Bertz CT molecular complexity index is 1070. The van der Waals surface area contributed by atoms with Crippen LogP contribution in [0.5, 0.6) is 5.75 Å². The van der Waals surface area contributed by atoms with Crippen LogP contribution in [0, 0.1) is 6.92 Å². The Morgan fingerprint density at radius 3 is 2.71 bits per heavy atom. The van der Waals surface area contributed by atoms with Crippen LogP contribution < -0.4 is 21.1 Å². The molecule has 0 saturated carbocycles. The number of fused-ring (bicyclic) bond motifs is 1. The summed E-state index contributed by atoms with van der Waals surface area (Å²) in [6.07, 6.45) is -1.72. The molecule has 1 atom stereocenters. The molecule has 1 aliphatic rings. The lowest BCUT2D eigenvalue weighted by Gasteiger charge is -2.24. The van der Waals surface area contributed by atoms with E-state index in [0.717, 1.165) is 42.8 Å². The summed E-state index contributed by atoms with van der Waals surface area (Å²) in [6, 6.07) is 9.60. The molecule has 3 aromatic rings. The fraction of sp³-hybridized carbons (Fsp3) is 0.364. The number of ether oxygens (including phenoxy) is 1. The molecule has 0 amide bonds. The third kappa shape index (κ3) is 4.72. The van der Waals surface area contributed by atoms with E-state index in [0.29, 0.717) is 17.1 Å². The van der Waals surface area contributed by atoms with Crippen LogP contribution in [0.3, 0.4) is 0 Å². The number of rotatable bonds is 5. The third-order valence-corrected chi connectivity index (χ3v) is 5.53. The van der Waals surface area contributed by atoms with E-state index in [2.05, 4.69) is 20.8 Å². The van der Waals surface area contributed by atoms with Crippen molar-refractivity contribution >= 4 is 16.6 Å². The van der Waals surface area contributed by atoms with Crippen molar-refractivity contribution < 1.29 is 17.9 Å². The number of nitrogens with zero attached hydrogens (tertiary/aromatic N) is 2. The van der Waals surface area contributed by atoms with Crippen molar-refractivity contribution in [1.29, 1.82) is 0 Å². The van der Waals surface area contributed by atoms with Crippen LogP contribution in [-0.2, 0) is 6.18 Å². The highest BCUT2D eigenvalue weighted by atomic mass is 19.4. The third-order valence-electron chi connectivity index (χ3n) is 5.53. The lowest BCUT2D eigenvalue weighted by atomic mass is 10.00. The number of aromatic nitrogens is 2. The first-order valence-corrected chi connectivity index (χ1v) is 10.1. The number of benzene rings is 2. The highest BCUT2D eigenvalue weighted by Crippen LogP contribution is 2.35. The van der Waals surface area contributed by atoms with Crippen molar-refractivity contribution in [3.05, 3.63) is 59.3 Å². The van der Waals surface area contributed by atoms with Crippen LogP contribution in [0.4, 0.5) is 19.0 Å². The molecule has 4 rings (SSSR count). The van der Waals surface area contributed by atoms with E-state index in [9.17, 15) is 13.2 Å². The van der Waals surface area contributed by atoms with Crippen molar-refractivity contribution in [2.24, 2.45) is 5.73 Å². The maximum absolute atomic E-state index is 13.3. The van der Waals surface area contributed by atoms with Gasteiger partial charge < -0.3 is 21.1 Å². The van der Waals surface area contributed by atoms with Crippen LogP contribution in [0.2, 0.25) is 0 Å². The molecule has 164 valence electrons. The summed E-state index contributed by atoms with van der Waals surface area (Å²) in [6.45, 7) is 3.25. The molecule has 1 aliphatic heterocycles. The number of piperidine rings is 1. The summed E-state index contributed by atoms with van der Waals surface area (Å²) in [7, 11) is 0. The molecule has 0 bridgehead atoms. The summed E-state index contributed by atoms with van der Waals surface area (Å²) >= 11 is 0. The summed E-state index contributed by atoms with van der Waals surface area (Å²) in [5, 5.41) is 16.0. The van der Waals surface area contributed by atoms with Gasteiger partial charge in [-0.05, 0) is 68.2 Å². The van der Waals surface area contributed by atoms with Crippen molar-refractivity contribution in [3.63, 3.8) is 0 Å². The Labute approximate surface area is 178 Å². The van der Waals surface area contributed by atoms with Gasteiger partial charge in [-0.25, -0.2) is 0 Å². The van der Waals surface area contributed by atoms with E-state index in [1.807, 2.05) is 18.2 Å². The van der Waals surface area contributed by atoms with Crippen LogP contribution in [0.25, 0.3) is 10.8 Å². The number of alkyl halides is 3. The van der Waals surface area contributed by atoms with Gasteiger partial charge in [0.2, 0.25) is 0 Å². The smallest absolute Gasteiger partial charge is 0.416 e. The van der Waals surface area contributed by atoms with Gasteiger partial charge in [-0.1, -0.05) is 12.1 Å². The molecule has 1 fully saturated rings. The van der Waals surface area contributed by atoms with Gasteiger partial charge in [-0.3, -0.25) is 0 Å².